The van der Waals surface area contributed by atoms with E-state index in [1.54, 1.807) is 0 Å². The molecule has 1 aliphatic heterocycles. The minimum absolute atomic E-state index is 0.177. The van der Waals surface area contributed by atoms with Gasteiger partial charge in [-0.15, -0.1) is 0 Å². The van der Waals surface area contributed by atoms with Crippen LogP contribution in [0.2, 0.25) is 0 Å². The maximum absolute atomic E-state index is 11.4. The van der Waals surface area contributed by atoms with Crippen LogP contribution in [-0.4, -0.2) is 47.7 Å². The fourth-order valence-electron chi connectivity index (χ4n) is 3.91. The molecule has 114 valence electrons. The van der Waals surface area contributed by atoms with Crippen LogP contribution in [-0.2, 0) is 4.79 Å². The molecule has 3 rings (SSSR count). The Morgan fingerprint density at radius 1 is 1.05 bits per heavy atom. The molecule has 1 saturated heterocycles. The van der Waals surface area contributed by atoms with E-state index in [1.807, 2.05) is 0 Å². The summed E-state index contributed by atoms with van der Waals surface area (Å²) in [5, 5.41) is 13.1. The van der Waals surface area contributed by atoms with Crippen LogP contribution in [0.1, 0.15) is 51.4 Å². The highest BCUT2D eigenvalue weighted by Crippen LogP contribution is 2.31. The highest BCUT2D eigenvalue weighted by Gasteiger charge is 2.35. The molecule has 3 aliphatic rings. The number of carboxylic acid groups (broad SMARTS) is 1. The van der Waals surface area contributed by atoms with E-state index in [-0.39, 0.29) is 5.92 Å². The minimum Gasteiger partial charge on any atom is -0.481 e. The van der Waals surface area contributed by atoms with E-state index >= 15 is 0 Å². The molecular weight excluding hydrogens is 252 g/mol. The van der Waals surface area contributed by atoms with Gasteiger partial charge in [0.2, 0.25) is 0 Å². The van der Waals surface area contributed by atoms with Gasteiger partial charge in [-0.25, -0.2) is 0 Å². The number of nitrogens with zero attached hydrogens (tertiary/aromatic N) is 1. The number of carbonyl (C=O) groups is 1. The molecule has 0 bridgehead atoms. The first-order chi connectivity index (χ1) is 9.70. The molecule has 4 nitrogen and oxygen atoms in total. The predicted molar refractivity (Wildman–Crippen MR) is 78.7 cm³/mol. The summed E-state index contributed by atoms with van der Waals surface area (Å²) in [5.41, 5.74) is 0. The quantitative estimate of drug-likeness (QED) is 0.810. The van der Waals surface area contributed by atoms with Crippen molar-refractivity contribution in [2.45, 2.75) is 63.5 Å². The lowest BCUT2D eigenvalue weighted by Crippen LogP contribution is -2.53. The average molecular weight is 280 g/mol. The number of hydrogen-bond acceptors (Lipinski definition) is 3. The molecule has 2 aliphatic carbocycles. The van der Waals surface area contributed by atoms with Crippen LogP contribution >= 0.6 is 0 Å². The van der Waals surface area contributed by atoms with Crippen molar-refractivity contribution in [1.29, 1.82) is 0 Å². The third-order valence-electron chi connectivity index (χ3n) is 5.17. The van der Waals surface area contributed by atoms with Crippen molar-refractivity contribution in [2.75, 3.05) is 19.6 Å². The van der Waals surface area contributed by atoms with Crippen molar-refractivity contribution in [3.05, 3.63) is 0 Å². The number of nitrogens with one attached hydrogen (secondary N) is 1. The minimum atomic E-state index is -0.610. The van der Waals surface area contributed by atoms with E-state index in [2.05, 4.69) is 10.2 Å². The summed E-state index contributed by atoms with van der Waals surface area (Å²) in [5.74, 6) is 0.0578. The van der Waals surface area contributed by atoms with Crippen molar-refractivity contribution < 1.29 is 9.90 Å². The predicted octanol–water partition coefficient (Wildman–Crippen LogP) is 2.09. The van der Waals surface area contributed by atoms with Gasteiger partial charge in [-0.3, -0.25) is 4.79 Å². The zero-order valence-corrected chi connectivity index (χ0v) is 12.4. The summed E-state index contributed by atoms with van der Waals surface area (Å²) >= 11 is 0. The molecule has 0 aromatic heterocycles. The van der Waals surface area contributed by atoms with E-state index < -0.39 is 5.97 Å². The van der Waals surface area contributed by atoms with Gasteiger partial charge in [0.25, 0.3) is 0 Å². The van der Waals surface area contributed by atoms with E-state index in [4.69, 9.17) is 0 Å². The zero-order valence-electron chi connectivity index (χ0n) is 12.4. The van der Waals surface area contributed by atoms with Gasteiger partial charge < -0.3 is 15.3 Å². The first-order valence-corrected chi connectivity index (χ1v) is 8.42. The molecule has 0 radical (unpaired) electrons. The molecule has 0 amide bonds. The molecular formula is C16H28N2O2. The highest BCUT2D eigenvalue weighted by atomic mass is 16.4. The van der Waals surface area contributed by atoms with Crippen LogP contribution in [0.3, 0.4) is 0 Å². The second kappa shape index (κ2) is 6.44. The molecule has 2 atom stereocenters. The summed E-state index contributed by atoms with van der Waals surface area (Å²) in [7, 11) is 0. The Labute approximate surface area is 121 Å². The smallest absolute Gasteiger partial charge is 0.307 e. The van der Waals surface area contributed by atoms with E-state index in [0.717, 1.165) is 32.0 Å². The fourth-order valence-corrected chi connectivity index (χ4v) is 3.91. The molecule has 3 fully saturated rings. The second-order valence-corrected chi connectivity index (χ2v) is 7.13. The van der Waals surface area contributed by atoms with Crippen molar-refractivity contribution in [3.8, 4) is 0 Å². The van der Waals surface area contributed by atoms with Crippen LogP contribution in [0.15, 0.2) is 0 Å². The topological polar surface area (TPSA) is 52.6 Å². The van der Waals surface area contributed by atoms with Gasteiger partial charge in [0.15, 0.2) is 0 Å². The zero-order chi connectivity index (χ0) is 13.9. The molecule has 2 saturated carbocycles. The highest BCUT2D eigenvalue weighted by molar-refractivity contribution is 5.70. The van der Waals surface area contributed by atoms with Crippen LogP contribution in [0.5, 0.6) is 0 Å². The third kappa shape index (κ3) is 3.95. The molecule has 0 spiro atoms. The molecule has 2 N–H and O–H groups in total. The van der Waals surface area contributed by atoms with Gasteiger partial charge in [-0.1, -0.05) is 19.3 Å². The maximum Gasteiger partial charge on any atom is 0.307 e. The average Bonchev–Trinajstić information content (AvgIpc) is 3.23. The molecule has 2 unspecified atom stereocenters. The Kier molecular flexibility index (Phi) is 4.61. The summed E-state index contributed by atoms with van der Waals surface area (Å²) in [4.78, 5) is 13.8. The first kappa shape index (κ1) is 14.3. The van der Waals surface area contributed by atoms with Gasteiger partial charge in [0.05, 0.1) is 5.92 Å². The molecule has 0 aromatic rings. The lowest BCUT2D eigenvalue weighted by Gasteiger charge is -2.39. The molecule has 0 aromatic carbocycles. The first-order valence-electron chi connectivity index (χ1n) is 8.42. The summed E-state index contributed by atoms with van der Waals surface area (Å²) in [6, 6.07) is 1.01. The standard InChI is InChI=1S/C16H28N2O2/c19-16(20)13-8-15(17-14-4-2-1-3-5-14)11-18(10-13)9-12-6-7-12/h12-15,17H,1-11H2,(H,19,20). The van der Waals surface area contributed by atoms with Gasteiger partial charge in [0, 0.05) is 31.7 Å². The Hall–Kier alpha value is -0.610. The number of hydrogen-bond donors (Lipinski definition) is 2. The van der Waals surface area contributed by atoms with Gasteiger partial charge in [-0.05, 0) is 38.0 Å². The summed E-state index contributed by atoms with van der Waals surface area (Å²) < 4.78 is 0. The van der Waals surface area contributed by atoms with Gasteiger partial charge in [-0.2, -0.15) is 0 Å². The Morgan fingerprint density at radius 3 is 2.45 bits per heavy atom. The van der Waals surface area contributed by atoms with Crippen LogP contribution in [0.4, 0.5) is 0 Å². The van der Waals surface area contributed by atoms with Gasteiger partial charge >= 0.3 is 5.97 Å². The monoisotopic (exact) mass is 280 g/mol. The van der Waals surface area contributed by atoms with Crippen molar-refractivity contribution in [2.24, 2.45) is 11.8 Å². The van der Waals surface area contributed by atoms with E-state index in [9.17, 15) is 9.90 Å². The Balaban J connectivity index is 1.54. The van der Waals surface area contributed by atoms with E-state index in [0.29, 0.717) is 12.1 Å². The lowest BCUT2D eigenvalue weighted by molar-refractivity contribution is -0.144. The molecule has 20 heavy (non-hydrogen) atoms. The van der Waals surface area contributed by atoms with Crippen molar-refractivity contribution in [1.82, 2.24) is 10.2 Å². The van der Waals surface area contributed by atoms with Crippen LogP contribution < -0.4 is 5.32 Å². The van der Waals surface area contributed by atoms with Gasteiger partial charge in [0.1, 0.15) is 0 Å². The van der Waals surface area contributed by atoms with Crippen LogP contribution in [0.25, 0.3) is 0 Å². The van der Waals surface area contributed by atoms with Crippen molar-refractivity contribution in [3.63, 3.8) is 0 Å². The summed E-state index contributed by atoms with van der Waals surface area (Å²) in [6.45, 7) is 2.93. The second-order valence-electron chi connectivity index (χ2n) is 7.13. The maximum atomic E-state index is 11.4. The number of piperidine rings is 1. The third-order valence-corrected chi connectivity index (χ3v) is 5.17. The largest absolute Gasteiger partial charge is 0.481 e. The normalized spacial score (nSPS) is 33.2. The number of aliphatic carboxylic acids is 1. The Bertz CT molecular complexity index is 337. The van der Waals surface area contributed by atoms with Crippen LogP contribution in [0, 0.1) is 11.8 Å². The Morgan fingerprint density at radius 2 is 1.80 bits per heavy atom. The molecule has 4 heteroatoms. The number of rotatable bonds is 5. The van der Waals surface area contributed by atoms with E-state index in [1.165, 1.54) is 44.9 Å². The SMILES string of the molecule is O=C(O)C1CC(NC2CCCCC2)CN(CC2CC2)C1. The number of likely N-dealkylation sites (tertiary alicyclic amines) is 1. The fraction of sp³-hybridized carbons (Fsp3) is 0.938. The lowest BCUT2D eigenvalue weighted by atomic mass is 9.90. The number of carboxylic acids is 1. The molecule has 1 heterocycles. The summed E-state index contributed by atoms with van der Waals surface area (Å²) in [6.07, 6.45) is 10.1. The van der Waals surface area contributed by atoms with Crippen molar-refractivity contribution >= 4 is 5.97 Å².